The van der Waals surface area contributed by atoms with Crippen molar-refractivity contribution in [2.24, 2.45) is 0 Å². The molecule has 0 heterocycles. The van der Waals surface area contributed by atoms with Crippen molar-refractivity contribution in [2.75, 3.05) is 0 Å². The maximum absolute atomic E-state index is 13.0. The van der Waals surface area contributed by atoms with Crippen molar-refractivity contribution in [1.29, 1.82) is 0 Å². The second-order valence-corrected chi connectivity index (χ2v) is 16.4. The van der Waals surface area contributed by atoms with Gasteiger partial charge in [0.05, 0.1) is 19.6 Å². The molecule has 6 aromatic carbocycles. The van der Waals surface area contributed by atoms with Crippen molar-refractivity contribution >= 4 is 19.7 Å². The Bertz CT molecular complexity index is 2110. The summed E-state index contributed by atoms with van der Waals surface area (Å²) < 4.78 is 64.0. The fraction of sp³-hybridized carbons (Fsp3) is 0.122. The second kappa shape index (κ2) is 13.4. The normalized spacial score (nSPS) is 12.0. The lowest BCUT2D eigenvalue weighted by atomic mass is 9.78. The highest BCUT2D eigenvalue weighted by Crippen LogP contribution is 2.35. The van der Waals surface area contributed by atoms with Crippen LogP contribution in [0.15, 0.2) is 165 Å². The van der Waals surface area contributed by atoms with Crippen LogP contribution in [0.25, 0.3) is 0 Å². The van der Waals surface area contributed by atoms with Gasteiger partial charge in [0.25, 0.3) is 0 Å². The summed E-state index contributed by atoms with van der Waals surface area (Å²) in [6.45, 7) is 8.11. The van der Waals surface area contributed by atoms with E-state index < -0.39 is 19.7 Å². The summed E-state index contributed by atoms with van der Waals surface area (Å²) in [6, 6.07) is 42.1. The first-order valence-electron chi connectivity index (χ1n) is 15.7. The van der Waals surface area contributed by atoms with Gasteiger partial charge in [-0.3, -0.25) is 0 Å². The smallest absolute Gasteiger partial charge is 0.206 e. The van der Waals surface area contributed by atoms with Gasteiger partial charge in [0.15, 0.2) is 0 Å². The van der Waals surface area contributed by atoms with E-state index in [1.54, 1.807) is 97.1 Å². The molecule has 0 bridgehead atoms. The number of hydrogen-bond donors (Lipinski definition) is 0. The Morgan fingerprint density at radius 3 is 0.857 bits per heavy atom. The predicted octanol–water partition coefficient (Wildman–Crippen LogP) is 9.88. The van der Waals surface area contributed by atoms with Crippen molar-refractivity contribution in [3.8, 4) is 23.0 Å². The number of ether oxygens (including phenoxy) is 2. The lowest BCUT2D eigenvalue weighted by molar-refractivity contribution is 0.480. The molecule has 0 saturated heterocycles. The Balaban J connectivity index is 1.09. The van der Waals surface area contributed by atoms with Gasteiger partial charge in [0.2, 0.25) is 19.7 Å². The first-order chi connectivity index (χ1) is 23.3. The van der Waals surface area contributed by atoms with E-state index in [-0.39, 0.29) is 25.0 Å². The standard InChI is InChI=1S/C41H36O6S2/c1-29-5-21-37(22-6-29)48(42,43)39-25-17-35(18-26-39)46-33-13-9-31(10-14-33)41(3,4)32-11-15-34(16-12-32)47-36-19-27-40(28-20-36)49(44,45)38-23-7-30(2)8-24-38/h5-28H,1-4H3. The van der Waals surface area contributed by atoms with Gasteiger partial charge in [-0.25, -0.2) is 16.8 Å². The maximum atomic E-state index is 13.0. The quantitative estimate of drug-likeness (QED) is 0.142. The summed E-state index contributed by atoms with van der Waals surface area (Å²) in [6.07, 6.45) is 0. The molecule has 8 heteroatoms. The van der Waals surface area contributed by atoms with E-state index >= 15 is 0 Å². The van der Waals surface area contributed by atoms with Crippen LogP contribution >= 0.6 is 0 Å². The van der Waals surface area contributed by atoms with Gasteiger partial charge in [-0.05, 0) is 122 Å². The van der Waals surface area contributed by atoms with Crippen LogP contribution in [0.3, 0.4) is 0 Å². The van der Waals surface area contributed by atoms with Crippen LogP contribution < -0.4 is 9.47 Å². The number of sulfone groups is 2. The van der Waals surface area contributed by atoms with Crippen LogP contribution in [0, 0.1) is 13.8 Å². The summed E-state index contributed by atoms with van der Waals surface area (Å²) in [7, 11) is -7.22. The van der Waals surface area contributed by atoms with Crippen LogP contribution in [0.2, 0.25) is 0 Å². The Morgan fingerprint density at radius 2 is 0.592 bits per heavy atom. The molecule has 6 rings (SSSR count). The summed E-state index contributed by atoms with van der Waals surface area (Å²) in [5.74, 6) is 2.34. The average Bonchev–Trinajstić information content (AvgIpc) is 3.10. The third-order valence-corrected chi connectivity index (χ3v) is 12.1. The van der Waals surface area contributed by atoms with Gasteiger partial charge in [-0.2, -0.15) is 0 Å². The van der Waals surface area contributed by atoms with Crippen LogP contribution in [-0.4, -0.2) is 16.8 Å². The van der Waals surface area contributed by atoms with Gasteiger partial charge in [0, 0.05) is 5.41 Å². The highest BCUT2D eigenvalue weighted by molar-refractivity contribution is 7.91. The zero-order chi connectivity index (χ0) is 34.8. The molecule has 0 aliphatic carbocycles. The van der Waals surface area contributed by atoms with Crippen LogP contribution in [0.5, 0.6) is 23.0 Å². The van der Waals surface area contributed by atoms with Gasteiger partial charge in [-0.1, -0.05) is 73.5 Å². The molecule has 0 unspecified atom stereocenters. The van der Waals surface area contributed by atoms with Gasteiger partial charge >= 0.3 is 0 Å². The molecule has 0 aromatic heterocycles. The molecular formula is C41H36O6S2. The molecule has 0 spiro atoms. The molecule has 0 radical (unpaired) electrons. The van der Waals surface area contributed by atoms with E-state index in [0.717, 1.165) is 22.3 Å². The van der Waals surface area contributed by atoms with Crippen molar-refractivity contribution < 1.29 is 26.3 Å². The molecule has 6 aromatic rings. The topological polar surface area (TPSA) is 86.7 Å². The first kappa shape index (κ1) is 33.7. The number of aryl methyl sites for hydroxylation is 2. The highest BCUT2D eigenvalue weighted by atomic mass is 32.2. The van der Waals surface area contributed by atoms with Crippen molar-refractivity contribution in [2.45, 2.75) is 52.7 Å². The molecule has 0 amide bonds. The summed E-state index contributed by atoms with van der Waals surface area (Å²) >= 11 is 0. The molecule has 6 nitrogen and oxygen atoms in total. The molecule has 49 heavy (non-hydrogen) atoms. The largest absolute Gasteiger partial charge is 0.457 e. The van der Waals surface area contributed by atoms with Gasteiger partial charge < -0.3 is 9.47 Å². The SMILES string of the molecule is Cc1ccc(S(=O)(=O)c2ccc(Oc3ccc(C(C)(C)c4ccc(Oc5ccc(S(=O)(=O)c6ccc(C)cc6)cc5)cc4)cc3)cc2)cc1. The molecule has 0 aliphatic heterocycles. The van der Waals surface area contributed by atoms with E-state index in [9.17, 15) is 16.8 Å². The van der Waals surface area contributed by atoms with E-state index in [1.165, 1.54) is 0 Å². The van der Waals surface area contributed by atoms with E-state index in [1.807, 2.05) is 62.4 Å². The fourth-order valence-electron chi connectivity index (χ4n) is 5.40. The van der Waals surface area contributed by atoms with Crippen LogP contribution in [0.4, 0.5) is 0 Å². The zero-order valence-corrected chi connectivity index (χ0v) is 29.3. The van der Waals surface area contributed by atoms with E-state index in [4.69, 9.17) is 9.47 Å². The third kappa shape index (κ3) is 7.31. The Kier molecular flexibility index (Phi) is 9.20. The summed E-state index contributed by atoms with van der Waals surface area (Å²) in [5.41, 5.74) is 3.83. The lowest BCUT2D eigenvalue weighted by Crippen LogP contribution is -2.18. The lowest BCUT2D eigenvalue weighted by Gasteiger charge is -2.26. The summed E-state index contributed by atoms with van der Waals surface area (Å²) in [5, 5.41) is 0. The minimum atomic E-state index is -3.61. The van der Waals surface area contributed by atoms with E-state index in [0.29, 0.717) is 23.0 Å². The minimum absolute atomic E-state index is 0.208. The van der Waals surface area contributed by atoms with Crippen molar-refractivity contribution in [3.63, 3.8) is 0 Å². The van der Waals surface area contributed by atoms with Gasteiger partial charge in [-0.15, -0.1) is 0 Å². The van der Waals surface area contributed by atoms with Crippen molar-refractivity contribution in [3.05, 3.63) is 168 Å². The molecular weight excluding hydrogens is 653 g/mol. The molecule has 0 fully saturated rings. The Labute approximate surface area is 288 Å². The molecule has 0 N–H and O–H groups in total. The number of benzene rings is 6. The van der Waals surface area contributed by atoms with Crippen molar-refractivity contribution in [1.82, 2.24) is 0 Å². The molecule has 0 aliphatic rings. The van der Waals surface area contributed by atoms with Gasteiger partial charge in [0.1, 0.15) is 23.0 Å². The van der Waals surface area contributed by atoms with Crippen LogP contribution in [0.1, 0.15) is 36.1 Å². The molecule has 248 valence electrons. The molecule has 0 saturated carbocycles. The summed E-state index contributed by atoms with van der Waals surface area (Å²) in [4.78, 5) is 0.927. The Morgan fingerprint density at radius 1 is 0.367 bits per heavy atom. The minimum Gasteiger partial charge on any atom is -0.457 e. The predicted molar refractivity (Wildman–Crippen MR) is 191 cm³/mol. The third-order valence-electron chi connectivity index (χ3n) is 8.55. The van der Waals surface area contributed by atoms with E-state index in [2.05, 4.69) is 13.8 Å². The maximum Gasteiger partial charge on any atom is 0.206 e. The second-order valence-electron chi connectivity index (χ2n) is 12.5. The highest BCUT2D eigenvalue weighted by Gasteiger charge is 2.24. The monoisotopic (exact) mass is 688 g/mol. The average molecular weight is 689 g/mol. The first-order valence-corrected chi connectivity index (χ1v) is 18.7. The Hall–Kier alpha value is -5.18. The number of rotatable bonds is 10. The fourth-order valence-corrected chi connectivity index (χ4v) is 7.92. The number of hydrogen-bond acceptors (Lipinski definition) is 6. The zero-order valence-electron chi connectivity index (χ0n) is 27.6. The molecule has 0 atom stereocenters. The van der Waals surface area contributed by atoms with Crippen LogP contribution in [-0.2, 0) is 25.1 Å².